The Morgan fingerprint density at radius 2 is 0.657 bits per heavy atom. The van der Waals surface area contributed by atoms with Crippen LogP contribution in [0, 0.1) is 50.4 Å². The summed E-state index contributed by atoms with van der Waals surface area (Å²) in [5, 5.41) is 29.9. The van der Waals surface area contributed by atoms with E-state index in [-0.39, 0.29) is 0 Å². The van der Waals surface area contributed by atoms with Crippen LogP contribution in [-0.2, 0) is 25.7 Å². The Bertz CT molecular complexity index is 3840. The zero-order chi connectivity index (χ0) is 48.0. The van der Waals surface area contributed by atoms with Crippen molar-refractivity contribution in [1.29, 1.82) is 10.5 Å². The van der Waals surface area contributed by atoms with E-state index in [0.717, 1.165) is 135 Å². The Kier molecular flexibility index (Phi) is 9.28. The van der Waals surface area contributed by atoms with Crippen LogP contribution in [-0.4, -0.2) is 18.3 Å². The molecule has 342 valence electrons. The Morgan fingerprint density at radius 1 is 0.343 bits per heavy atom. The number of hydrogen-bond donors (Lipinski definition) is 0. The third kappa shape index (κ3) is 5.48. The second-order valence-electron chi connectivity index (χ2n) is 20.6. The molecule has 9 aromatic rings. The standard InChI is InChI=1S/C64H56N6/c1-35-17-9-25-43-44-26-10-18-36(2)54(44)67(53(35)43)61-51(33-65)62(68-55-37(3)19-11-27-45(55)46-28-12-20-38(4)56(46)68)64(70-59-41(7)23-15-31-49(59)50-32-16-24-42(8)60(50)70)63(52(61)34-66)69-57-39(5)21-13-29-47(57)48-30-14-22-40(6)58(48)69/h9-11,13,17-27,29H,12,14-16,28,30-32H2,1-8H3. The van der Waals surface area contributed by atoms with Crippen LogP contribution < -0.4 is 0 Å². The molecule has 0 spiro atoms. The van der Waals surface area contributed by atoms with Crippen LogP contribution in [0.25, 0.3) is 88.7 Å². The SMILES string of the molecule is CC1=CCCc2c3c(n(-c4c(-n5c6c(c7cccc(C)c75)CCC=C6C)c(C#N)c(-n5c6c(C)cccc6c6cccc(C)c65)c(C#N)c4-n4c5c(c6cccc(C)c64)CCC=C5C)c21)C(C)=CCC3. The predicted molar refractivity (Wildman–Crippen MR) is 290 cm³/mol. The molecule has 0 bridgehead atoms. The quantitative estimate of drug-likeness (QED) is 0.177. The number of benzene rings is 5. The molecule has 0 atom stereocenters. The van der Waals surface area contributed by atoms with Gasteiger partial charge in [0.25, 0.3) is 0 Å². The molecule has 4 aliphatic carbocycles. The largest absolute Gasteiger partial charge is 0.306 e. The first-order valence-electron chi connectivity index (χ1n) is 25.3. The summed E-state index contributed by atoms with van der Waals surface area (Å²) < 4.78 is 9.88. The molecule has 4 heterocycles. The number of nitriles is 2. The summed E-state index contributed by atoms with van der Waals surface area (Å²) >= 11 is 0. The summed E-state index contributed by atoms with van der Waals surface area (Å²) in [7, 11) is 0. The van der Waals surface area contributed by atoms with Gasteiger partial charge in [0, 0.05) is 21.5 Å². The molecular formula is C64H56N6. The van der Waals surface area contributed by atoms with Crippen LogP contribution in [0.15, 0.2) is 97.1 Å². The first-order valence-corrected chi connectivity index (χ1v) is 25.3. The van der Waals surface area contributed by atoms with Crippen molar-refractivity contribution in [3.05, 3.63) is 176 Å². The minimum absolute atomic E-state index is 0.488. The van der Waals surface area contributed by atoms with Crippen LogP contribution in [0.3, 0.4) is 0 Å². The molecule has 0 saturated carbocycles. The van der Waals surface area contributed by atoms with Crippen molar-refractivity contribution in [3.63, 3.8) is 0 Å². The van der Waals surface area contributed by atoms with Gasteiger partial charge in [0.15, 0.2) is 0 Å². The average molecular weight is 909 g/mol. The summed E-state index contributed by atoms with van der Waals surface area (Å²) in [6.45, 7) is 17.9. The maximum Gasteiger partial charge on any atom is 0.104 e. The Labute approximate surface area is 410 Å². The van der Waals surface area contributed by atoms with Gasteiger partial charge in [0.05, 0.1) is 67.6 Å². The molecule has 0 radical (unpaired) electrons. The number of aromatic nitrogens is 4. The molecule has 0 fully saturated rings. The lowest BCUT2D eigenvalue weighted by Crippen LogP contribution is -2.21. The fraction of sp³-hybridized carbons (Fsp3) is 0.250. The molecule has 6 heteroatoms. The second kappa shape index (κ2) is 15.4. The van der Waals surface area contributed by atoms with Crippen molar-refractivity contribution >= 4 is 65.9 Å². The van der Waals surface area contributed by atoms with Crippen molar-refractivity contribution < 1.29 is 0 Å². The topological polar surface area (TPSA) is 67.3 Å². The monoisotopic (exact) mass is 908 g/mol. The van der Waals surface area contributed by atoms with E-state index in [1.54, 1.807) is 0 Å². The number of rotatable bonds is 4. The highest BCUT2D eigenvalue weighted by Gasteiger charge is 2.39. The van der Waals surface area contributed by atoms with Gasteiger partial charge >= 0.3 is 0 Å². The van der Waals surface area contributed by atoms with Crippen molar-refractivity contribution in [2.45, 2.75) is 107 Å². The molecule has 0 saturated heterocycles. The molecule has 0 unspecified atom stereocenters. The molecule has 4 aromatic heterocycles. The molecular weight excluding hydrogens is 853 g/mol. The Morgan fingerprint density at radius 3 is 1.01 bits per heavy atom. The molecule has 0 amide bonds. The van der Waals surface area contributed by atoms with Gasteiger partial charge in [-0.05, 0) is 174 Å². The fourth-order valence-electron chi connectivity index (χ4n) is 13.8. The van der Waals surface area contributed by atoms with E-state index in [1.165, 1.54) is 66.7 Å². The van der Waals surface area contributed by atoms with Crippen molar-refractivity contribution in [3.8, 4) is 34.9 Å². The molecule has 4 aliphatic rings. The van der Waals surface area contributed by atoms with E-state index in [0.29, 0.717) is 16.8 Å². The molecule has 13 rings (SSSR count). The summed E-state index contributed by atoms with van der Waals surface area (Å²) in [5.74, 6) is 0. The van der Waals surface area contributed by atoms with Gasteiger partial charge < -0.3 is 18.3 Å². The van der Waals surface area contributed by atoms with Gasteiger partial charge in [-0.1, -0.05) is 97.1 Å². The smallest absolute Gasteiger partial charge is 0.104 e. The van der Waals surface area contributed by atoms with Crippen LogP contribution in [0.2, 0.25) is 0 Å². The van der Waals surface area contributed by atoms with E-state index in [1.807, 2.05) is 0 Å². The number of aryl methyl sites for hydroxylation is 6. The maximum atomic E-state index is 12.6. The number of para-hydroxylation sites is 4. The summed E-state index contributed by atoms with van der Waals surface area (Å²) in [4.78, 5) is 0. The third-order valence-electron chi connectivity index (χ3n) is 16.6. The second-order valence-corrected chi connectivity index (χ2v) is 20.6. The Hall–Kier alpha value is -7.80. The van der Waals surface area contributed by atoms with Crippen molar-refractivity contribution in [2.75, 3.05) is 0 Å². The Balaban J connectivity index is 1.42. The van der Waals surface area contributed by atoms with Gasteiger partial charge in [-0.25, -0.2) is 0 Å². The highest BCUT2D eigenvalue weighted by Crippen LogP contribution is 2.52. The number of fused-ring (bicyclic) bond motifs is 12. The predicted octanol–water partition coefficient (Wildman–Crippen LogP) is 15.8. The van der Waals surface area contributed by atoms with E-state index < -0.39 is 0 Å². The third-order valence-corrected chi connectivity index (χ3v) is 16.6. The average Bonchev–Trinajstić information content (AvgIpc) is 4.09. The lowest BCUT2D eigenvalue weighted by molar-refractivity contribution is 0.893. The summed E-state index contributed by atoms with van der Waals surface area (Å²) in [6.07, 6.45) is 17.1. The molecule has 70 heavy (non-hydrogen) atoms. The van der Waals surface area contributed by atoms with Crippen LogP contribution in [0.5, 0.6) is 0 Å². The molecule has 6 nitrogen and oxygen atoms in total. The van der Waals surface area contributed by atoms with E-state index in [9.17, 15) is 10.5 Å². The lowest BCUT2D eigenvalue weighted by atomic mass is 9.90. The first-order chi connectivity index (χ1) is 34.0. The highest BCUT2D eigenvalue weighted by molar-refractivity contribution is 6.12. The number of hydrogen-bond acceptors (Lipinski definition) is 2. The number of nitrogens with zero attached hydrogens (tertiary/aromatic N) is 6. The first kappa shape index (κ1) is 42.3. The van der Waals surface area contributed by atoms with Crippen LogP contribution >= 0.6 is 0 Å². The van der Waals surface area contributed by atoms with Gasteiger partial charge in [0.2, 0.25) is 0 Å². The van der Waals surface area contributed by atoms with Crippen LogP contribution in [0.1, 0.15) is 132 Å². The van der Waals surface area contributed by atoms with Gasteiger partial charge in [-0.15, -0.1) is 0 Å². The number of allylic oxidation sites excluding steroid dienone is 8. The van der Waals surface area contributed by atoms with Gasteiger partial charge in [-0.2, -0.15) is 10.5 Å². The van der Waals surface area contributed by atoms with E-state index in [4.69, 9.17) is 0 Å². The highest BCUT2D eigenvalue weighted by atomic mass is 15.1. The maximum absolute atomic E-state index is 12.6. The lowest BCUT2D eigenvalue weighted by Gasteiger charge is -2.31. The summed E-state index contributed by atoms with van der Waals surface area (Å²) in [5.41, 5.74) is 27.8. The minimum Gasteiger partial charge on any atom is -0.306 e. The normalized spacial score (nSPS) is 15.3. The van der Waals surface area contributed by atoms with Crippen LogP contribution in [0.4, 0.5) is 0 Å². The van der Waals surface area contributed by atoms with Gasteiger partial charge in [0.1, 0.15) is 23.3 Å². The summed E-state index contributed by atoms with van der Waals surface area (Å²) in [6, 6.07) is 32.4. The van der Waals surface area contributed by atoms with E-state index in [2.05, 4.69) is 183 Å². The minimum atomic E-state index is 0.488. The van der Waals surface area contributed by atoms with Gasteiger partial charge in [-0.3, -0.25) is 0 Å². The molecule has 0 aliphatic heterocycles. The zero-order valence-corrected chi connectivity index (χ0v) is 41.6. The fourth-order valence-corrected chi connectivity index (χ4v) is 13.8. The van der Waals surface area contributed by atoms with E-state index >= 15 is 0 Å². The zero-order valence-electron chi connectivity index (χ0n) is 41.6. The van der Waals surface area contributed by atoms with Crippen molar-refractivity contribution in [2.24, 2.45) is 0 Å². The van der Waals surface area contributed by atoms with Crippen molar-refractivity contribution in [1.82, 2.24) is 18.3 Å². The molecule has 5 aromatic carbocycles. The molecule has 0 N–H and O–H groups in total.